The zero-order valence-electron chi connectivity index (χ0n) is 18.0. The smallest absolute Gasteiger partial charge is 0.223 e. The van der Waals surface area contributed by atoms with E-state index in [2.05, 4.69) is 5.32 Å². The van der Waals surface area contributed by atoms with Crippen molar-refractivity contribution in [3.63, 3.8) is 0 Å². The molecule has 3 rings (SSSR count). The Bertz CT molecular complexity index is 872. The van der Waals surface area contributed by atoms with E-state index in [-0.39, 0.29) is 23.5 Å². The number of rotatable bonds is 9. The Morgan fingerprint density at radius 1 is 1.00 bits per heavy atom. The van der Waals surface area contributed by atoms with Crippen molar-refractivity contribution in [3.05, 3.63) is 65.7 Å². The molecule has 1 saturated heterocycles. The Morgan fingerprint density at radius 2 is 1.68 bits per heavy atom. The molecule has 6 heteroatoms. The molecule has 164 valence electrons. The number of nitrogens with zero attached hydrogens (tertiary/aromatic N) is 1. The molecule has 0 unspecified atom stereocenters. The Labute approximate surface area is 183 Å². The van der Waals surface area contributed by atoms with E-state index in [1.807, 2.05) is 35.2 Å². The van der Waals surface area contributed by atoms with Crippen LogP contribution in [0, 0.1) is 5.92 Å². The minimum Gasteiger partial charge on any atom is -0.494 e. The molecule has 1 N–H and O–H groups in total. The average Bonchev–Trinajstić information content (AvgIpc) is 2.81. The van der Waals surface area contributed by atoms with Gasteiger partial charge in [-0.2, -0.15) is 0 Å². The van der Waals surface area contributed by atoms with Crippen LogP contribution in [-0.4, -0.2) is 42.2 Å². The summed E-state index contributed by atoms with van der Waals surface area (Å²) in [5, 5.41) is 3.00. The first-order valence-electron chi connectivity index (χ1n) is 10.9. The molecule has 31 heavy (non-hydrogen) atoms. The van der Waals surface area contributed by atoms with Crippen LogP contribution in [0.25, 0.3) is 0 Å². The van der Waals surface area contributed by atoms with Gasteiger partial charge in [0.05, 0.1) is 6.61 Å². The van der Waals surface area contributed by atoms with Crippen molar-refractivity contribution >= 4 is 17.6 Å². The van der Waals surface area contributed by atoms with Gasteiger partial charge in [0.1, 0.15) is 5.75 Å². The number of nitrogens with one attached hydrogen (secondary N) is 1. The summed E-state index contributed by atoms with van der Waals surface area (Å²) in [5.74, 6) is 0.863. The fourth-order valence-electron chi connectivity index (χ4n) is 3.68. The van der Waals surface area contributed by atoms with E-state index in [9.17, 15) is 14.4 Å². The Morgan fingerprint density at radius 3 is 2.32 bits per heavy atom. The minimum atomic E-state index is -0.0333. The highest BCUT2D eigenvalue weighted by Crippen LogP contribution is 2.19. The molecule has 2 amide bonds. The molecule has 1 aliphatic heterocycles. The van der Waals surface area contributed by atoms with Gasteiger partial charge in [-0.25, -0.2) is 0 Å². The number of likely N-dealkylation sites (tertiary alicyclic amines) is 1. The molecule has 1 heterocycles. The highest BCUT2D eigenvalue weighted by molar-refractivity contribution is 5.94. The lowest BCUT2D eigenvalue weighted by molar-refractivity contribution is -0.135. The molecule has 0 spiro atoms. The number of Topliss-reactive ketones (excluding diaryl/α,β-unsaturated/α-hetero) is 1. The lowest BCUT2D eigenvalue weighted by Gasteiger charge is -2.31. The molecule has 1 aliphatic rings. The van der Waals surface area contributed by atoms with E-state index in [4.69, 9.17) is 4.74 Å². The zero-order valence-corrected chi connectivity index (χ0v) is 18.0. The minimum absolute atomic E-state index is 0.0228. The Balaban J connectivity index is 1.31. The molecule has 0 aliphatic carbocycles. The van der Waals surface area contributed by atoms with Crippen LogP contribution in [0.15, 0.2) is 54.6 Å². The summed E-state index contributed by atoms with van der Waals surface area (Å²) < 4.78 is 5.66. The fraction of sp³-hybridized carbons (Fsp3) is 0.400. The van der Waals surface area contributed by atoms with Crippen LogP contribution >= 0.6 is 0 Å². The van der Waals surface area contributed by atoms with Crippen LogP contribution in [0.4, 0.5) is 0 Å². The molecule has 0 radical (unpaired) electrons. The maximum Gasteiger partial charge on any atom is 0.223 e. The van der Waals surface area contributed by atoms with Crippen LogP contribution in [0.2, 0.25) is 0 Å². The third kappa shape index (κ3) is 6.95. The summed E-state index contributed by atoms with van der Waals surface area (Å²) in [4.78, 5) is 38.0. The van der Waals surface area contributed by atoms with Gasteiger partial charge in [-0.05, 0) is 56.0 Å². The maximum atomic E-state index is 12.4. The van der Waals surface area contributed by atoms with Crippen LogP contribution in [0.5, 0.6) is 5.75 Å². The zero-order chi connectivity index (χ0) is 22.1. The normalized spacial score (nSPS) is 14.2. The van der Waals surface area contributed by atoms with Crippen molar-refractivity contribution < 1.29 is 19.1 Å². The van der Waals surface area contributed by atoms with E-state index in [1.165, 1.54) is 6.92 Å². The first kappa shape index (κ1) is 22.5. The van der Waals surface area contributed by atoms with Crippen LogP contribution in [0.3, 0.4) is 0 Å². The highest BCUT2D eigenvalue weighted by atomic mass is 16.5. The highest BCUT2D eigenvalue weighted by Gasteiger charge is 2.26. The third-order valence-electron chi connectivity index (χ3n) is 5.59. The number of hydrogen-bond donors (Lipinski definition) is 1. The molecule has 2 aromatic rings. The molecular formula is C25H30N2O4. The van der Waals surface area contributed by atoms with Crippen molar-refractivity contribution in [1.82, 2.24) is 10.2 Å². The third-order valence-corrected chi connectivity index (χ3v) is 5.59. The van der Waals surface area contributed by atoms with Crippen molar-refractivity contribution in [3.8, 4) is 5.75 Å². The summed E-state index contributed by atoms with van der Waals surface area (Å²) in [5.41, 5.74) is 1.74. The van der Waals surface area contributed by atoms with Gasteiger partial charge in [0, 0.05) is 37.5 Å². The van der Waals surface area contributed by atoms with Gasteiger partial charge in [-0.15, -0.1) is 0 Å². The topological polar surface area (TPSA) is 75.7 Å². The summed E-state index contributed by atoms with van der Waals surface area (Å²) in [6, 6.07) is 16.9. The molecule has 0 atom stereocenters. The van der Waals surface area contributed by atoms with Gasteiger partial charge >= 0.3 is 0 Å². The van der Waals surface area contributed by atoms with Crippen molar-refractivity contribution in [2.45, 2.75) is 39.2 Å². The predicted octanol–water partition coefficient (Wildman–Crippen LogP) is 3.60. The number of carbonyl (C=O) groups is 3. The second-order valence-electron chi connectivity index (χ2n) is 7.89. The van der Waals surface area contributed by atoms with E-state index < -0.39 is 0 Å². The van der Waals surface area contributed by atoms with E-state index in [0.717, 1.165) is 5.56 Å². The summed E-state index contributed by atoms with van der Waals surface area (Å²) in [6.45, 7) is 3.76. The fourth-order valence-corrected chi connectivity index (χ4v) is 3.68. The molecular weight excluding hydrogens is 392 g/mol. The van der Waals surface area contributed by atoms with E-state index >= 15 is 0 Å². The molecule has 0 saturated carbocycles. The number of benzene rings is 2. The molecule has 2 aromatic carbocycles. The molecule has 6 nitrogen and oxygen atoms in total. The summed E-state index contributed by atoms with van der Waals surface area (Å²) >= 11 is 0. The Hall–Kier alpha value is -3.15. The van der Waals surface area contributed by atoms with Crippen LogP contribution in [0.1, 0.15) is 48.5 Å². The lowest BCUT2D eigenvalue weighted by atomic mass is 9.95. The van der Waals surface area contributed by atoms with E-state index in [1.54, 1.807) is 24.3 Å². The summed E-state index contributed by atoms with van der Waals surface area (Å²) in [6.07, 6.45) is 2.46. The van der Waals surface area contributed by atoms with Gasteiger partial charge in [0.2, 0.25) is 11.8 Å². The second-order valence-corrected chi connectivity index (χ2v) is 7.89. The summed E-state index contributed by atoms with van der Waals surface area (Å²) in [7, 11) is 0. The molecule has 1 fully saturated rings. The number of hydrogen-bond acceptors (Lipinski definition) is 4. The predicted molar refractivity (Wildman–Crippen MR) is 119 cm³/mol. The van der Waals surface area contributed by atoms with Gasteiger partial charge in [0.15, 0.2) is 5.78 Å². The SMILES string of the molecule is CC(=O)c1ccc(OCCCC(=O)N2CCC(C(=O)NCc3ccccc3)CC2)cc1. The first-order valence-corrected chi connectivity index (χ1v) is 10.9. The standard InChI is InChI=1S/C25H30N2O4/c1-19(28)21-9-11-23(12-10-21)31-17-5-8-24(29)27-15-13-22(14-16-27)25(30)26-18-20-6-3-2-4-7-20/h2-4,6-7,9-12,22H,5,8,13-18H2,1H3,(H,26,30). The second kappa shape index (κ2) is 11.3. The van der Waals surface area contributed by atoms with E-state index in [0.29, 0.717) is 63.2 Å². The average molecular weight is 423 g/mol. The van der Waals surface area contributed by atoms with Gasteiger partial charge in [-0.1, -0.05) is 30.3 Å². The van der Waals surface area contributed by atoms with Gasteiger partial charge in [0.25, 0.3) is 0 Å². The van der Waals surface area contributed by atoms with Crippen LogP contribution < -0.4 is 10.1 Å². The molecule has 0 aromatic heterocycles. The Kier molecular flexibility index (Phi) is 8.21. The van der Waals surface area contributed by atoms with Crippen LogP contribution in [-0.2, 0) is 16.1 Å². The first-order chi connectivity index (χ1) is 15.0. The van der Waals surface area contributed by atoms with Gasteiger partial charge < -0.3 is 15.0 Å². The number of ether oxygens (including phenoxy) is 1. The van der Waals surface area contributed by atoms with Crippen molar-refractivity contribution in [1.29, 1.82) is 0 Å². The van der Waals surface area contributed by atoms with Crippen molar-refractivity contribution in [2.75, 3.05) is 19.7 Å². The number of carbonyl (C=O) groups excluding carboxylic acids is 3. The lowest BCUT2D eigenvalue weighted by Crippen LogP contribution is -2.42. The largest absolute Gasteiger partial charge is 0.494 e. The number of amides is 2. The molecule has 0 bridgehead atoms. The maximum absolute atomic E-state index is 12.4. The number of piperidine rings is 1. The quantitative estimate of drug-likeness (QED) is 0.495. The number of ketones is 1. The monoisotopic (exact) mass is 422 g/mol. The van der Waals surface area contributed by atoms with Crippen molar-refractivity contribution in [2.24, 2.45) is 5.92 Å². The van der Waals surface area contributed by atoms with Gasteiger partial charge in [-0.3, -0.25) is 14.4 Å².